The number of carboxylic acids is 2. The molecule has 0 fully saturated rings. The van der Waals surface area contributed by atoms with Gasteiger partial charge in [-0.3, -0.25) is 24.2 Å². The molecule has 0 bridgehead atoms. The standard InChI is InChI=1S/C19H35N7O7S/c1-10(15(29)26-13(18(32)33)5-6-14(27)28)24-17(31)12(7-9-34-2)25-16(30)11(20)4-3-8-23-19(21)22/h10-13H,3-9,20H2,1-2H3,(H,24,31)(H,25,30)(H,26,29)(H,27,28)(H,32,33)(H4,21,22,23). The lowest BCUT2D eigenvalue weighted by Crippen LogP contribution is -2.56. The van der Waals surface area contributed by atoms with Gasteiger partial charge in [-0.2, -0.15) is 11.8 Å². The molecule has 34 heavy (non-hydrogen) atoms. The average molecular weight is 506 g/mol. The summed E-state index contributed by atoms with van der Waals surface area (Å²) in [6.45, 7) is 1.64. The zero-order valence-electron chi connectivity index (χ0n) is 19.3. The number of hydrogen-bond acceptors (Lipinski definition) is 8. The molecule has 0 aromatic heterocycles. The second-order valence-corrected chi connectivity index (χ2v) is 8.45. The van der Waals surface area contributed by atoms with E-state index < -0.39 is 60.2 Å². The summed E-state index contributed by atoms with van der Waals surface area (Å²) < 4.78 is 0. The number of hydrogen-bond donors (Lipinski definition) is 8. The fourth-order valence-electron chi connectivity index (χ4n) is 2.64. The molecule has 0 spiro atoms. The Bertz CT molecular complexity index is 747. The van der Waals surface area contributed by atoms with Gasteiger partial charge in [-0.25, -0.2) is 4.79 Å². The second-order valence-electron chi connectivity index (χ2n) is 7.46. The molecule has 0 aliphatic carbocycles. The molecule has 0 aliphatic heterocycles. The molecule has 15 heteroatoms. The van der Waals surface area contributed by atoms with Gasteiger partial charge in [0.1, 0.15) is 18.1 Å². The van der Waals surface area contributed by atoms with Crippen LogP contribution in [0.1, 0.15) is 39.0 Å². The number of thioether (sulfide) groups is 1. The summed E-state index contributed by atoms with van der Waals surface area (Å²) in [5.41, 5.74) is 16.3. The molecule has 0 radical (unpaired) electrons. The first kappa shape index (κ1) is 30.9. The van der Waals surface area contributed by atoms with Crippen LogP contribution >= 0.6 is 11.8 Å². The summed E-state index contributed by atoms with van der Waals surface area (Å²) in [6, 6.07) is -4.43. The van der Waals surface area contributed by atoms with E-state index in [0.717, 1.165) is 0 Å². The molecule has 4 atom stereocenters. The van der Waals surface area contributed by atoms with Crippen LogP contribution in [0.3, 0.4) is 0 Å². The second kappa shape index (κ2) is 16.5. The van der Waals surface area contributed by atoms with Crippen LogP contribution in [-0.4, -0.2) is 88.6 Å². The maximum atomic E-state index is 12.7. The third-order valence-electron chi connectivity index (χ3n) is 4.56. The smallest absolute Gasteiger partial charge is 0.326 e. The Hall–Kier alpha value is -3.07. The van der Waals surface area contributed by atoms with Crippen molar-refractivity contribution in [2.45, 2.75) is 63.2 Å². The van der Waals surface area contributed by atoms with Crippen LogP contribution in [0.2, 0.25) is 0 Å². The van der Waals surface area contributed by atoms with Crippen molar-refractivity contribution >= 4 is 47.4 Å². The van der Waals surface area contributed by atoms with Gasteiger partial charge in [-0.05, 0) is 44.6 Å². The van der Waals surface area contributed by atoms with E-state index in [0.29, 0.717) is 18.7 Å². The first-order valence-corrected chi connectivity index (χ1v) is 11.9. The number of nitrogens with zero attached hydrogens (tertiary/aromatic N) is 1. The number of aliphatic imine (C=N–C) groups is 1. The number of carbonyl (C=O) groups is 5. The van der Waals surface area contributed by atoms with Crippen LogP contribution in [0.25, 0.3) is 0 Å². The fraction of sp³-hybridized carbons (Fsp3) is 0.684. The van der Waals surface area contributed by atoms with Gasteiger partial charge in [0, 0.05) is 13.0 Å². The molecule has 0 rings (SSSR count). The Kier molecular flexibility index (Phi) is 15.0. The zero-order valence-corrected chi connectivity index (χ0v) is 20.1. The first-order chi connectivity index (χ1) is 15.9. The van der Waals surface area contributed by atoms with Crippen molar-refractivity contribution in [1.29, 1.82) is 0 Å². The summed E-state index contributed by atoms with van der Waals surface area (Å²) in [5, 5.41) is 25.1. The third-order valence-corrected chi connectivity index (χ3v) is 5.21. The van der Waals surface area contributed by atoms with Crippen LogP contribution in [0.15, 0.2) is 4.99 Å². The Morgan fingerprint density at radius 3 is 2.06 bits per heavy atom. The van der Waals surface area contributed by atoms with E-state index in [1.54, 1.807) is 0 Å². The molecule has 194 valence electrons. The number of guanidine groups is 1. The predicted molar refractivity (Wildman–Crippen MR) is 127 cm³/mol. The zero-order chi connectivity index (χ0) is 26.3. The Balaban J connectivity index is 4.97. The minimum atomic E-state index is -1.42. The average Bonchev–Trinajstić information content (AvgIpc) is 2.75. The van der Waals surface area contributed by atoms with Gasteiger partial charge in [-0.15, -0.1) is 0 Å². The maximum Gasteiger partial charge on any atom is 0.326 e. The molecule has 0 aliphatic rings. The summed E-state index contributed by atoms with van der Waals surface area (Å²) in [4.78, 5) is 63.2. The highest BCUT2D eigenvalue weighted by molar-refractivity contribution is 7.98. The van der Waals surface area contributed by atoms with Crippen molar-refractivity contribution in [2.24, 2.45) is 22.2 Å². The molecule has 14 nitrogen and oxygen atoms in total. The van der Waals surface area contributed by atoms with E-state index >= 15 is 0 Å². The maximum absolute atomic E-state index is 12.7. The van der Waals surface area contributed by atoms with Crippen LogP contribution in [-0.2, 0) is 24.0 Å². The molecule has 0 saturated heterocycles. The van der Waals surface area contributed by atoms with Crippen molar-refractivity contribution in [3.63, 3.8) is 0 Å². The van der Waals surface area contributed by atoms with Crippen LogP contribution in [0, 0.1) is 0 Å². The van der Waals surface area contributed by atoms with Gasteiger partial charge < -0.3 is 43.4 Å². The Morgan fingerprint density at radius 2 is 1.53 bits per heavy atom. The topological polar surface area (TPSA) is 252 Å². The van der Waals surface area contributed by atoms with E-state index in [9.17, 15) is 24.0 Å². The number of aliphatic carboxylic acids is 2. The van der Waals surface area contributed by atoms with E-state index in [-0.39, 0.29) is 25.2 Å². The molecular formula is C19H35N7O7S. The van der Waals surface area contributed by atoms with Gasteiger partial charge in [0.15, 0.2) is 5.96 Å². The quantitative estimate of drug-likeness (QED) is 0.0584. The van der Waals surface area contributed by atoms with Crippen LogP contribution in [0.5, 0.6) is 0 Å². The van der Waals surface area contributed by atoms with Crippen molar-refractivity contribution in [2.75, 3.05) is 18.6 Å². The van der Waals surface area contributed by atoms with Crippen LogP contribution < -0.4 is 33.2 Å². The lowest BCUT2D eigenvalue weighted by molar-refractivity contribution is -0.143. The van der Waals surface area contributed by atoms with E-state index in [4.69, 9.17) is 27.4 Å². The van der Waals surface area contributed by atoms with Crippen LogP contribution in [0.4, 0.5) is 0 Å². The summed E-state index contributed by atoms with van der Waals surface area (Å²) in [6.07, 6.45) is 2.07. The minimum Gasteiger partial charge on any atom is -0.481 e. The molecule has 0 aromatic rings. The van der Waals surface area contributed by atoms with Crippen molar-refractivity contribution in [3.05, 3.63) is 0 Å². The van der Waals surface area contributed by atoms with E-state index in [1.165, 1.54) is 18.7 Å². The number of amides is 3. The SMILES string of the molecule is CSCCC(NC(=O)C(N)CCCN=C(N)N)C(=O)NC(C)C(=O)NC(CCC(=O)O)C(=O)O. The van der Waals surface area contributed by atoms with Gasteiger partial charge in [0.05, 0.1) is 6.04 Å². The molecule has 3 amide bonds. The third kappa shape index (κ3) is 13.5. The molecule has 11 N–H and O–H groups in total. The van der Waals surface area contributed by atoms with Crippen molar-refractivity contribution in [1.82, 2.24) is 16.0 Å². The number of nitrogens with two attached hydrogens (primary N) is 3. The van der Waals surface area contributed by atoms with Crippen molar-refractivity contribution in [3.8, 4) is 0 Å². The highest BCUT2D eigenvalue weighted by Crippen LogP contribution is 2.04. The molecule has 0 heterocycles. The number of rotatable bonds is 17. The fourth-order valence-corrected chi connectivity index (χ4v) is 3.11. The lowest BCUT2D eigenvalue weighted by Gasteiger charge is -2.23. The summed E-state index contributed by atoms with van der Waals surface area (Å²) in [5.74, 6) is -4.14. The number of nitrogens with one attached hydrogen (secondary N) is 3. The molecular weight excluding hydrogens is 470 g/mol. The van der Waals surface area contributed by atoms with E-state index in [2.05, 4.69) is 20.9 Å². The first-order valence-electron chi connectivity index (χ1n) is 10.5. The minimum absolute atomic E-state index is 0.0680. The van der Waals surface area contributed by atoms with Gasteiger partial charge in [0.25, 0.3) is 0 Å². The molecule has 0 saturated carbocycles. The monoisotopic (exact) mass is 505 g/mol. The predicted octanol–water partition coefficient (Wildman–Crippen LogP) is -2.46. The Morgan fingerprint density at radius 1 is 0.912 bits per heavy atom. The summed E-state index contributed by atoms with van der Waals surface area (Å²) >= 11 is 1.45. The lowest BCUT2D eigenvalue weighted by atomic mass is 10.1. The van der Waals surface area contributed by atoms with Crippen molar-refractivity contribution < 1.29 is 34.2 Å². The number of carbonyl (C=O) groups excluding carboxylic acids is 3. The highest BCUT2D eigenvalue weighted by Gasteiger charge is 2.28. The van der Waals surface area contributed by atoms with Gasteiger partial charge in [-0.1, -0.05) is 0 Å². The molecule has 0 aromatic carbocycles. The molecule has 4 unspecified atom stereocenters. The van der Waals surface area contributed by atoms with Gasteiger partial charge in [0.2, 0.25) is 17.7 Å². The Labute approximate surface area is 201 Å². The largest absolute Gasteiger partial charge is 0.481 e. The highest BCUT2D eigenvalue weighted by atomic mass is 32.2. The van der Waals surface area contributed by atoms with E-state index in [1.807, 2.05) is 6.26 Å². The number of carboxylic acid groups (broad SMARTS) is 2. The summed E-state index contributed by atoms with van der Waals surface area (Å²) in [7, 11) is 0. The normalized spacial score (nSPS) is 14.1. The van der Waals surface area contributed by atoms with Gasteiger partial charge >= 0.3 is 11.9 Å².